The standard InChI is InChI=1S/C13H14F3NO3/c1-3-19-12(18)10-4-6-11(7-5-10)17-9(2)20-8-13(14,15)16/h4-7H,3,8H2,1-2H3. The highest BCUT2D eigenvalue weighted by Crippen LogP contribution is 2.17. The Morgan fingerprint density at radius 1 is 1.20 bits per heavy atom. The van der Waals surface area contributed by atoms with Crippen LogP contribution in [0.2, 0.25) is 0 Å². The number of aliphatic imine (C=N–C) groups is 1. The van der Waals surface area contributed by atoms with E-state index in [0.29, 0.717) is 11.3 Å². The molecule has 1 rings (SSSR count). The zero-order chi connectivity index (χ0) is 15.2. The Bertz CT molecular complexity index is 481. The third kappa shape index (κ3) is 5.73. The molecule has 0 aromatic heterocycles. The van der Waals surface area contributed by atoms with E-state index in [0.717, 1.165) is 0 Å². The number of hydrogen-bond acceptors (Lipinski definition) is 4. The molecule has 0 aliphatic carbocycles. The van der Waals surface area contributed by atoms with Crippen molar-refractivity contribution in [1.82, 2.24) is 0 Å². The Morgan fingerprint density at radius 2 is 1.80 bits per heavy atom. The fourth-order valence-electron chi connectivity index (χ4n) is 1.29. The molecular weight excluding hydrogens is 275 g/mol. The lowest BCUT2D eigenvalue weighted by atomic mass is 10.2. The second-order valence-electron chi connectivity index (χ2n) is 3.80. The van der Waals surface area contributed by atoms with Crippen molar-refractivity contribution in [2.24, 2.45) is 4.99 Å². The van der Waals surface area contributed by atoms with E-state index in [1.54, 1.807) is 6.92 Å². The Labute approximate surface area is 114 Å². The zero-order valence-electron chi connectivity index (χ0n) is 11.0. The van der Waals surface area contributed by atoms with E-state index in [2.05, 4.69) is 9.73 Å². The molecule has 0 atom stereocenters. The summed E-state index contributed by atoms with van der Waals surface area (Å²) >= 11 is 0. The monoisotopic (exact) mass is 289 g/mol. The number of benzene rings is 1. The SMILES string of the molecule is CCOC(=O)c1ccc(N=C(C)OCC(F)(F)F)cc1. The minimum Gasteiger partial charge on any atom is -0.471 e. The number of carbonyl (C=O) groups is 1. The van der Waals surface area contributed by atoms with Crippen LogP contribution in [-0.2, 0) is 9.47 Å². The van der Waals surface area contributed by atoms with Crippen LogP contribution in [0.3, 0.4) is 0 Å². The van der Waals surface area contributed by atoms with Gasteiger partial charge >= 0.3 is 12.1 Å². The first-order valence-electron chi connectivity index (χ1n) is 5.84. The Balaban J connectivity index is 2.66. The van der Waals surface area contributed by atoms with Crippen LogP contribution in [0.25, 0.3) is 0 Å². The van der Waals surface area contributed by atoms with Crippen LogP contribution < -0.4 is 0 Å². The molecule has 0 aliphatic rings. The van der Waals surface area contributed by atoms with Gasteiger partial charge in [-0.3, -0.25) is 0 Å². The number of rotatable bonds is 4. The van der Waals surface area contributed by atoms with Crippen LogP contribution in [0.1, 0.15) is 24.2 Å². The first kappa shape index (κ1) is 16.0. The summed E-state index contributed by atoms with van der Waals surface area (Å²) < 4.78 is 45.1. The quantitative estimate of drug-likeness (QED) is 0.484. The van der Waals surface area contributed by atoms with Crippen molar-refractivity contribution in [3.05, 3.63) is 29.8 Å². The van der Waals surface area contributed by atoms with Gasteiger partial charge in [0.1, 0.15) is 0 Å². The minimum atomic E-state index is -4.40. The largest absolute Gasteiger partial charge is 0.471 e. The molecule has 0 spiro atoms. The van der Waals surface area contributed by atoms with Crippen molar-refractivity contribution >= 4 is 17.6 Å². The highest BCUT2D eigenvalue weighted by atomic mass is 19.4. The molecule has 7 heteroatoms. The normalized spacial score (nSPS) is 12.2. The third-order valence-electron chi connectivity index (χ3n) is 2.11. The molecule has 0 heterocycles. The number of esters is 1. The second kappa shape index (κ2) is 6.93. The fraction of sp³-hybridized carbons (Fsp3) is 0.385. The third-order valence-corrected chi connectivity index (χ3v) is 2.11. The number of ether oxygens (including phenoxy) is 2. The minimum absolute atomic E-state index is 0.105. The van der Waals surface area contributed by atoms with Gasteiger partial charge < -0.3 is 9.47 Å². The first-order valence-corrected chi connectivity index (χ1v) is 5.84. The van der Waals surface area contributed by atoms with Crippen LogP contribution in [-0.4, -0.2) is 31.3 Å². The van der Waals surface area contributed by atoms with E-state index < -0.39 is 18.8 Å². The Morgan fingerprint density at radius 3 is 2.30 bits per heavy atom. The number of nitrogens with zero attached hydrogens (tertiary/aromatic N) is 1. The Hall–Kier alpha value is -2.05. The molecule has 0 radical (unpaired) electrons. The molecule has 0 amide bonds. The van der Waals surface area contributed by atoms with Gasteiger partial charge in [0.25, 0.3) is 0 Å². The number of alkyl halides is 3. The van der Waals surface area contributed by atoms with E-state index in [9.17, 15) is 18.0 Å². The smallest absolute Gasteiger partial charge is 0.422 e. The second-order valence-corrected chi connectivity index (χ2v) is 3.80. The topological polar surface area (TPSA) is 47.9 Å². The lowest BCUT2D eigenvalue weighted by Gasteiger charge is -2.08. The van der Waals surface area contributed by atoms with Crippen molar-refractivity contribution in [3.63, 3.8) is 0 Å². The van der Waals surface area contributed by atoms with Crippen molar-refractivity contribution < 1.29 is 27.4 Å². The summed E-state index contributed by atoms with van der Waals surface area (Å²) in [5.41, 5.74) is 0.734. The molecule has 0 unspecified atom stereocenters. The van der Waals surface area contributed by atoms with E-state index in [4.69, 9.17) is 4.74 Å². The van der Waals surface area contributed by atoms with Crippen LogP contribution in [0.4, 0.5) is 18.9 Å². The van der Waals surface area contributed by atoms with E-state index >= 15 is 0 Å². The van der Waals surface area contributed by atoms with Crippen LogP contribution in [0, 0.1) is 0 Å². The van der Waals surface area contributed by atoms with Crippen molar-refractivity contribution in [2.75, 3.05) is 13.2 Å². The molecule has 0 saturated carbocycles. The van der Waals surface area contributed by atoms with Gasteiger partial charge in [0.2, 0.25) is 0 Å². The maximum atomic E-state index is 11.9. The predicted octanol–water partition coefficient (Wildman–Crippen LogP) is 3.49. The molecular formula is C13H14F3NO3. The highest BCUT2D eigenvalue weighted by Gasteiger charge is 2.28. The van der Waals surface area contributed by atoms with Gasteiger partial charge in [-0.1, -0.05) is 0 Å². The molecule has 110 valence electrons. The van der Waals surface area contributed by atoms with Gasteiger partial charge in [-0.15, -0.1) is 0 Å². The fourth-order valence-corrected chi connectivity index (χ4v) is 1.29. The highest BCUT2D eigenvalue weighted by molar-refractivity contribution is 5.89. The number of halogens is 3. The van der Waals surface area contributed by atoms with Gasteiger partial charge in [0, 0.05) is 6.92 Å². The molecule has 20 heavy (non-hydrogen) atoms. The lowest BCUT2D eigenvalue weighted by Crippen LogP contribution is -2.18. The Kier molecular flexibility index (Phi) is 5.54. The zero-order valence-corrected chi connectivity index (χ0v) is 11.0. The van der Waals surface area contributed by atoms with Gasteiger partial charge in [-0.05, 0) is 31.2 Å². The summed E-state index contributed by atoms with van der Waals surface area (Å²) in [6.45, 7) is 1.90. The summed E-state index contributed by atoms with van der Waals surface area (Å²) in [4.78, 5) is 15.2. The van der Waals surface area contributed by atoms with Crippen LogP contribution in [0.5, 0.6) is 0 Å². The van der Waals surface area contributed by atoms with Crippen molar-refractivity contribution in [3.8, 4) is 0 Å². The van der Waals surface area contributed by atoms with Crippen LogP contribution in [0.15, 0.2) is 29.3 Å². The average molecular weight is 289 g/mol. The average Bonchev–Trinajstić information content (AvgIpc) is 2.37. The van der Waals surface area contributed by atoms with Crippen molar-refractivity contribution in [2.45, 2.75) is 20.0 Å². The molecule has 0 aliphatic heterocycles. The summed E-state index contributed by atoms with van der Waals surface area (Å²) in [6, 6.07) is 5.95. The number of hydrogen-bond donors (Lipinski definition) is 0. The van der Waals surface area contributed by atoms with Gasteiger partial charge in [-0.2, -0.15) is 13.2 Å². The van der Waals surface area contributed by atoms with Gasteiger partial charge in [-0.25, -0.2) is 9.79 Å². The van der Waals surface area contributed by atoms with Gasteiger partial charge in [0.05, 0.1) is 17.9 Å². The molecule has 1 aromatic rings. The maximum absolute atomic E-state index is 11.9. The van der Waals surface area contributed by atoms with Gasteiger partial charge in [0.15, 0.2) is 12.5 Å². The molecule has 0 bridgehead atoms. The van der Waals surface area contributed by atoms with E-state index in [1.807, 2.05) is 0 Å². The maximum Gasteiger partial charge on any atom is 0.422 e. The molecule has 1 aromatic carbocycles. The van der Waals surface area contributed by atoms with Crippen molar-refractivity contribution in [1.29, 1.82) is 0 Å². The summed E-state index contributed by atoms with van der Waals surface area (Å²) in [5.74, 6) is -0.570. The number of carbonyl (C=O) groups excluding carboxylic acids is 1. The summed E-state index contributed by atoms with van der Waals surface area (Å²) in [5, 5.41) is 0. The summed E-state index contributed by atoms with van der Waals surface area (Å²) in [7, 11) is 0. The van der Waals surface area contributed by atoms with E-state index in [-0.39, 0.29) is 12.5 Å². The molecule has 0 saturated heterocycles. The lowest BCUT2D eigenvalue weighted by molar-refractivity contribution is -0.156. The van der Waals surface area contributed by atoms with Crippen LogP contribution >= 0.6 is 0 Å². The molecule has 0 fully saturated rings. The summed E-state index contributed by atoms with van der Waals surface area (Å²) in [6.07, 6.45) is -4.40. The molecule has 4 nitrogen and oxygen atoms in total. The molecule has 0 N–H and O–H groups in total. The first-order chi connectivity index (χ1) is 9.31. The van der Waals surface area contributed by atoms with E-state index in [1.165, 1.54) is 31.2 Å². The predicted molar refractivity (Wildman–Crippen MR) is 67.2 cm³/mol.